The minimum absolute atomic E-state index is 0.153. The van der Waals surface area contributed by atoms with Gasteiger partial charge in [-0.3, -0.25) is 4.79 Å². The van der Waals surface area contributed by atoms with Gasteiger partial charge in [0.1, 0.15) is 5.41 Å². The van der Waals surface area contributed by atoms with E-state index >= 15 is 0 Å². The zero-order valence-electron chi connectivity index (χ0n) is 10.2. The predicted molar refractivity (Wildman–Crippen MR) is 66.4 cm³/mol. The molecular weight excluding hydrogens is 212 g/mol. The van der Waals surface area contributed by atoms with E-state index < -0.39 is 5.41 Å². The lowest BCUT2D eigenvalue weighted by Crippen LogP contribution is -2.40. The van der Waals surface area contributed by atoms with Crippen molar-refractivity contribution < 1.29 is 4.79 Å². The summed E-state index contributed by atoms with van der Waals surface area (Å²) in [6.07, 6.45) is 2.33. The Balaban J connectivity index is 2.19. The standard InChI is InChI=1S/C14H16N2O/c1-10-4-5-11(2)12(8-10)16-13(17)14(9-15)6-3-7-14/h4-5,8H,3,6-7H2,1-2H3,(H,16,17). The van der Waals surface area contributed by atoms with Crippen LogP contribution in [0.25, 0.3) is 0 Å². The number of amides is 1. The Morgan fingerprint density at radius 3 is 2.65 bits per heavy atom. The monoisotopic (exact) mass is 228 g/mol. The first kappa shape index (κ1) is 11.7. The maximum absolute atomic E-state index is 12.1. The van der Waals surface area contributed by atoms with Gasteiger partial charge in [0.2, 0.25) is 5.91 Å². The fraction of sp³-hybridized carbons (Fsp3) is 0.429. The molecule has 0 radical (unpaired) electrons. The molecule has 0 atom stereocenters. The van der Waals surface area contributed by atoms with Crippen LogP contribution in [0.4, 0.5) is 5.69 Å². The van der Waals surface area contributed by atoms with Gasteiger partial charge in [-0.15, -0.1) is 0 Å². The van der Waals surface area contributed by atoms with Gasteiger partial charge >= 0.3 is 0 Å². The van der Waals surface area contributed by atoms with E-state index in [2.05, 4.69) is 11.4 Å². The van der Waals surface area contributed by atoms with Gasteiger partial charge in [-0.2, -0.15) is 5.26 Å². The molecular formula is C14H16N2O. The van der Waals surface area contributed by atoms with E-state index in [1.165, 1.54) is 0 Å². The third-order valence-electron chi connectivity index (χ3n) is 3.50. The number of anilines is 1. The van der Waals surface area contributed by atoms with E-state index in [9.17, 15) is 4.79 Å². The van der Waals surface area contributed by atoms with Crippen molar-refractivity contribution in [3.8, 4) is 6.07 Å². The zero-order valence-corrected chi connectivity index (χ0v) is 10.2. The highest BCUT2D eigenvalue weighted by atomic mass is 16.2. The van der Waals surface area contributed by atoms with Crippen molar-refractivity contribution >= 4 is 11.6 Å². The van der Waals surface area contributed by atoms with Gasteiger partial charge in [-0.25, -0.2) is 0 Å². The Labute approximate surface area is 101 Å². The van der Waals surface area contributed by atoms with Crippen LogP contribution in [-0.4, -0.2) is 5.91 Å². The number of carbonyl (C=O) groups excluding carboxylic acids is 1. The quantitative estimate of drug-likeness (QED) is 0.846. The molecule has 3 nitrogen and oxygen atoms in total. The van der Waals surface area contributed by atoms with Gasteiger partial charge in [-0.1, -0.05) is 12.1 Å². The maximum Gasteiger partial charge on any atom is 0.244 e. The lowest BCUT2D eigenvalue weighted by Gasteiger charge is -2.33. The second kappa shape index (κ2) is 4.21. The van der Waals surface area contributed by atoms with Crippen molar-refractivity contribution in [2.75, 3.05) is 5.32 Å². The van der Waals surface area contributed by atoms with Crippen LogP contribution in [0.1, 0.15) is 30.4 Å². The number of benzene rings is 1. The normalized spacial score (nSPS) is 16.8. The van der Waals surface area contributed by atoms with Crippen LogP contribution in [0.2, 0.25) is 0 Å². The number of nitriles is 1. The number of aryl methyl sites for hydroxylation is 2. The molecule has 1 N–H and O–H groups in total. The van der Waals surface area contributed by atoms with E-state index in [0.29, 0.717) is 12.8 Å². The summed E-state index contributed by atoms with van der Waals surface area (Å²) < 4.78 is 0. The third kappa shape index (κ3) is 2.03. The lowest BCUT2D eigenvalue weighted by molar-refractivity contribution is -0.126. The van der Waals surface area contributed by atoms with Crippen molar-refractivity contribution in [3.05, 3.63) is 29.3 Å². The van der Waals surface area contributed by atoms with Gasteiger partial charge in [-0.05, 0) is 50.3 Å². The van der Waals surface area contributed by atoms with Crippen molar-refractivity contribution in [1.29, 1.82) is 5.26 Å². The van der Waals surface area contributed by atoms with Gasteiger partial charge in [0.05, 0.1) is 6.07 Å². The molecule has 3 heteroatoms. The summed E-state index contributed by atoms with van der Waals surface area (Å²) in [7, 11) is 0. The molecule has 0 unspecified atom stereocenters. The molecule has 1 aromatic rings. The summed E-state index contributed by atoms with van der Waals surface area (Å²) in [6.45, 7) is 3.94. The van der Waals surface area contributed by atoms with Gasteiger partial charge < -0.3 is 5.32 Å². The van der Waals surface area contributed by atoms with Crippen LogP contribution >= 0.6 is 0 Å². The molecule has 1 fully saturated rings. The largest absolute Gasteiger partial charge is 0.324 e. The Morgan fingerprint density at radius 1 is 1.41 bits per heavy atom. The number of hydrogen-bond donors (Lipinski definition) is 1. The number of rotatable bonds is 2. The second-order valence-corrected chi connectivity index (χ2v) is 4.82. The van der Waals surface area contributed by atoms with Gasteiger partial charge in [0.25, 0.3) is 0 Å². The summed E-state index contributed by atoms with van der Waals surface area (Å²) in [6, 6.07) is 8.08. The molecule has 1 aliphatic rings. The van der Waals surface area contributed by atoms with Crippen LogP contribution in [0.3, 0.4) is 0 Å². The van der Waals surface area contributed by atoms with E-state index in [0.717, 1.165) is 23.2 Å². The fourth-order valence-corrected chi connectivity index (χ4v) is 2.03. The molecule has 1 saturated carbocycles. The minimum Gasteiger partial charge on any atom is -0.324 e. The topological polar surface area (TPSA) is 52.9 Å². The van der Waals surface area contributed by atoms with E-state index in [-0.39, 0.29) is 5.91 Å². The molecule has 88 valence electrons. The first-order chi connectivity index (χ1) is 8.07. The van der Waals surface area contributed by atoms with Crippen LogP contribution < -0.4 is 5.32 Å². The molecule has 2 rings (SSSR count). The smallest absolute Gasteiger partial charge is 0.244 e. The maximum atomic E-state index is 12.1. The number of nitrogens with zero attached hydrogens (tertiary/aromatic N) is 1. The first-order valence-corrected chi connectivity index (χ1v) is 5.87. The van der Waals surface area contributed by atoms with E-state index in [4.69, 9.17) is 5.26 Å². The summed E-state index contributed by atoms with van der Waals surface area (Å²) in [5.74, 6) is -0.153. The Hall–Kier alpha value is -1.82. The zero-order chi connectivity index (χ0) is 12.5. The SMILES string of the molecule is Cc1ccc(C)c(NC(=O)C2(C#N)CCC2)c1. The third-order valence-corrected chi connectivity index (χ3v) is 3.50. The highest BCUT2D eigenvalue weighted by Gasteiger charge is 2.44. The van der Waals surface area contributed by atoms with Crippen molar-refractivity contribution in [2.45, 2.75) is 33.1 Å². The highest BCUT2D eigenvalue weighted by molar-refractivity contribution is 5.98. The predicted octanol–water partition coefficient (Wildman–Crippen LogP) is 2.94. The van der Waals surface area contributed by atoms with E-state index in [1.54, 1.807) is 0 Å². The summed E-state index contributed by atoms with van der Waals surface area (Å²) in [4.78, 5) is 12.1. The molecule has 1 amide bonds. The molecule has 17 heavy (non-hydrogen) atoms. The second-order valence-electron chi connectivity index (χ2n) is 4.82. The van der Waals surface area contributed by atoms with Crippen LogP contribution in [-0.2, 0) is 4.79 Å². The lowest BCUT2D eigenvalue weighted by atomic mass is 9.69. The Bertz CT molecular complexity index is 495. The molecule has 1 aromatic carbocycles. The minimum atomic E-state index is -0.782. The number of hydrogen-bond acceptors (Lipinski definition) is 2. The van der Waals surface area contributed by atoms with Crippen LogP contribution in [0.5, 0.6) is 0 Å². The average Bonchev–Trinajstić information content (AvgIpc) is 2.23. The number of carbonyl (C=O) groups is 1. The highest BCUT2D eigenvalue weighted by Crippen LogP contribution is 2.41. The summed E-state index contributed by atoms with van der Waals surface area (Å²) in [5.41, 5.74) is 2.16. The summed E-state index contributed by atoms with van der Waals surface area (Å²) >= 11 is 0. The van der Waals surface area contributed by atoms with Crippen molar-refractivity contribution in [3.63, 3.8) is 0 Å². The van der Waals surface area contributed by atoms with E-state index in [1.807, 2.05) is 32.0 Å². The molecule has 0 saturated heterocycles. The Kier molecular flexibility index (Phi) is 2.89. The van der Waals surface area contributed by atoms with Crippen LogP contribution in [0, 0.1) is 30.6 Å². The molecule has 0 heterocycles. The average molecular weight is 228 g/mol. The van der Waals surface area contributed by atoms with Gasteiger partial charge in [0, 0.05) is 5.69 Å². The van der Waals surface area contributed by atoms with Crippen molar-refractivity contribution in [1.82, 2.24) is 0 Å². The van der Waals surface area contributed by atoms with Crippen LogP contribution in [0.15, 0.2) is 18.2 Å². The van der Waals surface area contributed by atoms with Crippen molar-refractivity contribution in [2.24, 2.45) is 5.41 Å². The molecule has 1 aliphatic carbocycles. The summed E-state index contributed by atoms with van der Waals surface area (Å²) in [5, 5.41) is 12.0. The molecule has 0 aliphatic heterocycles. The molecule has 0 spiro atoms. The molecule has 0 aromatic heterocycles. The number of nitrogens with one attached hydrogen (secondary N) is 1. The first-order valence-electron chi connectivity index (χ1n) is 5.87. The fourth-order valence-electron chi connectivity index (χ4n) is 2.03. The Morgan fingerprint density at radius 2 is 2.12 bits per heavy atom. The van der Waals surface area contributed by atoms with Gasteiger partial charge in [0.15, 0.2) is 0 Å². The molecule has 0 bridgehead atoms.